The number of amides is 4. The predicted molar refractivity (Wildman–Crippen MR) is 174 cm³/mol. The van der Waals surface area contributed by atoms with Gasteiger partial charge in [-0.15, -0.1) is 0 Å². The lowest BCUT2D eigenvalue weighted by Crippen LogP contribution is -2.52. The lowest BCUT2D eigenvalue weighted by molar-refractivity contribution is -0.145. The van der Waals surface area contributed by atoms with Crippen LogP contribution in [0.1, 0.15) is 70.4 Å². The molecule has 0 saturated carbocycles. The van der Waals surface area contributed by atoms with Crippen molar-refractivity contribution in [1.82, 2.24) is 21.3 Å². The summed E-state index contributed by atoms with van der Waals surface area (Å²) in [4.78, 5) is 62.3. The van der Waals surface area contributed by atoms with E-state index in [0.29, 0.717) is 38.8 Å². The van der Waals surface area contributed by atoms with Crippen LogP contribution in [0.2, 0.25) is 0 Å². The average molecular weight is 657 g/mol. The van der Waals surface area contributed by atoms with Crippen molar-refractivity contribution in [2.45, 2.75) is 90.2 Å². The van der Waals surface area contributed by atoms with Crippen LogP contribution in [-0.2, 0) is 41.8 Å². The van der Waals surface area contributed by atoms with Gasteiger partial charge in [0.25, 0.3) is 0 Å². The molecule has 258 valence electrons. The van der Waals surface area contributed by atoms with Crippen LogP contribution in [0.3, 0.4) is 0 Å². The number of carbonyl (C=O) groups is 5. The van der Waals surface area contributed by atoms with Crippen LogP contribution in [0, 0.1) is 0 Å². The summed E-state index contributed by atoms with van der Waals surface area (Å²) in [7, 11) is 1.22. The Bertz CT molecular complexity index is 1250. The molecule has 0 radical (unpaired) electrons. The SMILES string of the molecule is COC(=O)C(CCCCNC(=O)OCc1ccccc1)NC(=O)C(CCCCNC(=O)OCc1ccccc1)NC(=O)OC(C)(C)C. The molecule has 0 fully saturated rings. The number of ether oxygens (including phenoxy) is 4. The Morgan fingerprint density at radius 1 is 0.638 bits per heavy atom. The van der Waals surface area contributed by atoms with E-state index >= 15 is 0 Å². The monoisotopic (exact) mass is 656 g/mol. The molecule has 2 aromatic carbocycles. The first-order chi connectivity index (χ1) is 22.5. The van der Waals surface area contributed by atoms with Crippen molar-refractivity contribution in [3.8, 4) is 0 Å². The van der Waals surface area contributed by atoms with Crippen LogP contribution in [0.15, 0.2) is 60.7 Å². The van der Waals surface area contributed by atoms with Gasteiger partial charge in [-0.2, -0.15) is 0 Å². The van der Waals surface area contributed by atoms with Crippen LogP contribution in [0.25, 0.3) is 0 Å². The Labute approximate surface area is 276 Å². The van der Waals surface area contributed by atoms with Crippen LogP contribution >= 0.6 is 0 Å². The van der Waals surface area contributed by atoms with Crippen LogP contribution in [0.4, 0.5) is 14.4 Å². The molecule has 0 saturated heterocycles. The first kappa shape index (κ1) is 38.4. The topological polar surface area (TPSA) is 170 Å². The summed E-state index contributed by atoms with van der Waals surface area (Å²) in [6.07, 6.45) is 0.530. The van der Waals surface area contributed by atoms with E-state index in [2.05, 4.69) is 21.3 Å². The minimum absolute atomic E-state index is 0.147. The van der Waals surface area contributed by atoms with Gasteiger partial charge in [0.1, 0.15) is 30.9 Å². The summed E-state index contributed by atoms with van der Waals surface area (Å²) in [5.41, 5.74) is 0.951. The molecule has 0 aromatic heterocycles. The third-order valence-electron chi connectivity index (χ3n) is 6.61. The minimum atomic E-state index is -1.01. The predicted octanol–water partition coefficient (Wildman–Crippen LogP) is 4.73. The molecular weight excluding hydrogens is 608 g/mol. The summed E-state index contributed by atoms with van der Waals surface area (Å²) in [5.74, 6) is -1.22. The van der Waals surface area contributed by atoms with E-state index in [1.807, 2.05) is 60.7 Å². The van der Waals surface area contributed by atoms with Crippen molar-refractivity contribution in [3.63, 3.8) is 0 Å². The fourth-order valence-electron chi connectivity index (χ4n) is 4.26. The number of hydrogen-bond donors (Lipinski definition) is 4. The number of alkyl carbamates (subject to hydrolysis) is 3. The van der Waals surface area contributed by atoms with Gasteiger partial charge in [-0.3, -0.25) is 4.79 Å². The number of hydrogen-bond acceptors (Lipinski definition) is 9. The molecule has 0 bridgehead atoms. The van der Waals surface area contributed by atoms with Crippen LogP contribution in [-0.4, -0.2) is 68.0 Å². The number of unbranched alkanes of at least 4 members (excludes halogenated alkanes) is 2. The molecule has 0 heterocycles. The lowest BCUT2D eigenvalue weighted by atomic mass is 10.1. The van der Waals surface area contributed by atoms with Crippen LogP contribution in [0.5, 0.6) is 0 Å². The molecule has 4 amide bonds. The van der Waals surface area contributed by atoms with Gasteiger partial charge in [-0.1, -0.05) is 60.7 Å². The van der Waals surface area contributed by atoms with Crippen molar-refractivity contribution in [1.29, 1.82) is 0 Å². The number of methoxy groups -OCH3 is 1. The Balaban J connectivity index is 1.82. The van der Waals surface area contributed by atoms with E-state index in [-0.39, 0.29) is 26.1 Å². The maximum atomic E-state index is 13.3. The molecule has 2 atom stereocenters. The highest BCUT2D eigenvalue weighted by molar-refractivity contribution is 5.89. The molecule has 0 spiro atoms. The zero-order valence-corrected chi connectivity index (χ0v) is 27.7. The standard InChI is InChI=1S/C34H48N4O9/c1-34(2,3)47-33(43)38-27(19-11-13-21-35-31(41)45-23-25-15-7-5-8-16-25)29(39)37-28(30(40)44-4)20-12-14-22-36-32(42)46-24-26-17-9-6-10-18-26/h5-10,15-18,27-28H,11-14,19-24H2,1-4H3,(H,35,41)(H,36,42)(H,37,39)(H,38,43). The molecule has 47 heavy (non-hydrogen) atoms. The second kappa shape index (κ2) is 21.1. The quantitative estimate of drug-likeness (QED) is 0.101. The summed E-state index contributed by atoms with van der Waals surface area (Å²) in [5, 5.41) is 10.6. The summed E-state index contributed by atoms with van der Waals surface area (Å²) in [6.45, 7) is 6.02. The molecule has 0 aliphatic rings. The van der Waals surface area contributed by atoms with Crippen molar-refractivity contribution in [2.24, 2.45) is 0 Å². The van der Waals surface area contributed by atoms with E-state index in [1.54, 1.807) is 20.8 Å². The fourth-order valence-corrected chi connectivity index (χ4v) is 4.26. The normalized spacial score (nSPS) is 12.1. The first-order valence-electron chi connectivity index (χ1n) is 15.7. The molecule has 0 aliphatic carbocycles. The summed E-state index contributed by atoms with van der Waals surface area (Å²) in [6, 6.07) is 16.6. The number of nitrogens with one attached hydrogen (secondary N) is 4. The number of esters is 1. The zero-order chi connectivity index (χ0) is 34.5. The molecule has 2 unspecified atom stereocenters. The van der Waals surface area contributed by atoms with Gasteiger partial charge in [-0.05, 0) is 70.4 Å². The molecule has 13 nitrogen and oxygen atoms in total. The van der Waals surface area contributed by atoms with Crippen molar-refractivity contribution < 1.29 is 42.9 Å². The average Bonchev–Trinajstić information content (AvgIpc) is 3.04. The minimum Gasteiger partial charge on any atom is -0.467 e. The fraction of sp³-hybridized carbons (Fsp3) is 0.500. The van der Waals surface area contributed by atoms with E-state index in [9.17, 15) is 24.0 Å². The van der Waals surface area contributed by atoms with E-state index in [1.165, 1.54) is 7.11 Å². The lowest BCUT2D eigenvalue weighted by Gasteiger charge is -2.25. The van der Waals surface area contributed by atoms with Crippen molar-refractivity contribution in [3.05, 3.63) is 71.8 Å². The summed E-state index contributed by atoms with van der Waals surface area (Å²) < 4.78 is 20.6. The first-order valence-corrected chi connectivity index (χ1v) is 15.7. The van der Waals surface area contributed by atoms with Gasteiger partial charge in [0.2, 0.25) is 5.91 Å². The van der Waals surface area contributed by atoms with E-state index < -0.39 is 47.8 Å². The van der Waals surface area contributed by atoms with Gasteiger partial charge in [-0.25, -0.2) is 19.2 Å². The highest BCUT2D eigenvalue weighted by Crippen LogP contribution is 2.10. The van der Waals surface area contributed by atoms with Crippen LogP contribution < -0.4 is 21.3 Å². The third kappa shape index (κ3) is 17.5. The molecule has 2 aromatic rings. The highest BCUT2D eigenvalue weighted by Gasteiger charge is 2.28. The molecular formula is C34H48N4O9. The maximum absolute atomic E-state index is 13.3. The second-order valence-corrected chi connectivity index (χ2v) is 11.8. The van der Waals surface area contributed by atoms with Gasteiger partial charge in [0, 0.05) is 13.1 Å². The maximum Gasteiger partial charge on any atom is 0.408 e. The smallest absolute Gasteiger partial charge is 0.408 e. The van der Waals surface area contributed by atoms with E-state index in [4.69, 9.17) is 18.9 Å². The Kier molecular flexibility index (Phi) is 17.2. The second-order valence-electron chi connectivity index (χ2n) is 11.8. The molecule has 4 N–H and O–H groups in total. The van der Waals surface area contributed by atoms with Gasteiger partial charge < -0.3 is 40.2 Å². The largest absolute Gasteiger partial charge is 0.467 e. The van der Waals surface area contributed by atoms with Crippen molar-refractivity contribution >= 4 is 30.2 Å². The van der Waals surface area contributed by atoms with Gasteiger partial charge >= 0.3 is 24.2 Å². The molecule has 13 heteroatoms. The van der Waals surface area contributed by atoms with Gasteiger partial charge in [0.05, 0.1) is 7.11 Å². The van der Waals surface area contributed by atoms with E-state index in [0.717, 1.165) is 11.1 Å². The highest BCUT2D eigenvalue weighted by atomic mass is 16.6. The number of carbonyl (C=O) groups excluding carboxylic acids is 5. The Morgan fingerprint density at radius 2 is 1.11 bits per heavy atom. The zero-order valence-electron chi connectivity index (χ0n) is 27.7. The number of rotatable bonds is 18. The Hall–Kier alpha value is -4.81. The summed E-state index contributed by atoms with van der Waals surface area (Å²) >= 11 is 0. The third-order valence-corrected chi connectivity index (χ3v) is 6.61. The molecule has 0 aliphatic heterocycles. The Morgan fingerprint density at radius 3 is 1.55 bits per heavy atom. The van der Waals surface area contributed by atoms with Gasteiger partial charge in [0.15, 0.2) is 0 Å². The molecule has 2 rings (SSSR count). The number of benzene rings is 2. The van der Waals surface area contributed by atoms with Crippen molar-refractivity contribution in [2.75, 3.05) is 20.2 Å².